The van der Waals surface area contributed by atoms with Gasteiger partial charge in [-0.1, -0.05) is 50.2 Å². The molecule has 189 valence electrons. The minimum absolute atomic E-state index is 0. The minimum atomic E-state index is -0.247. The number of carbonyl (C=O) groups excluding carboxylic acids is 1. The molecule has 0 saturated carbocycles. The van der Waals surface area contributed by atoms with Crippen molar-refractivity contribution in [3.05, 3.63) is 114 Å². The Kier molecular flexibility index (Phi) is 9.09. The molecular weight excluding hydrogens is 642 g/mol. The molecule has 0 aliphatic carbocycles. The number of allylic oxidation sites excluding steroid dienone is 2. The van der Waals surface area contributed by atoms with Crippen LogP contribution in [0.2, 0.25) is 0 Å². The average Bonchev–Trinajstić information content (AvgIpc) is 2.82. The molecule has 0 saturated heterocycles. The summed E-state index contributed by atoms with van der Waals surface area (Å²) in [6.45, 7) is 6.95. The minimum Gasteiger partial charge on any atom is -0.512 e. The van der Waals surface area contributed by atoms with Crippen LogP contribution in [0.25, 0.3) is 43.9 Å². The number of aryl methyl sites for hydroxylation is 2. The summed E-state index contributed by atoms with van der Waals surface area (Å²) in [7, 11) is 0. The molecule has 5 rings (SSSR count). The number of hydrogen-bond donors (Lipinski definition) is 1. The predicted octanol–water partition coefficient (Wildman–Crippen LogP) is 8.31. The fourth-order valence-electron chi connectivity index (χ4n) is 4.45. The normalized spacial score (nSPS) is 11.0. The van der Waals surface area contributed by atoms with Crippen LogP contribution < -0.4 is 0 Å². The molecule has 5 aromatic rings. The number of carbonyl (C=O) groups is 1. The molecule has 37 heavy (non-hydrogen) atoms. The second-order valence-corrected chi connectivity index (χ2v) is 8.89. The van der Waals surface area contributed by atoms with Gasteiger partial charge in [0.25, 0.3) is 0 Å². The first-order valence-corrected chi connectivity index (χ1v) is 11.7. The Hall–Kier alpha value is -3.66. The standard InChI is InChI=1S/C27H19FN.C5H8O2.Ir/c1-17-12-18(2)14-21(13-17)27-26-20(10-11-29-27)15-24(19-6-4-3-5-7-19)23-9-8-22(28)16-25(23)26;1-4(6)3-5(2)7;/h3-13,15-16H,1-2H3;3,6H,1-2H3;/q-1;;/b;4-3-;. The van der Waals surface area contributed by atoms with Crippen LogP contribution in [0.1, 0.15) is 25.0 Å². The fraction of sp³-hybridized carbons (Fsp3) is 0.125. The van der Waals surface area contributed by atoms with Crippen molar-refractivity contribution in [2.24, 2.45) is 0 Å². The Morgan fingerprint density at radius 3 is 2.30 bits per heavy atom. The van der Waals surface area contributed by atoms with Gasteiger partial charge in [0, 0.05) is 32.4 Å². The molecule has 0 fully saturated rings. The van der Waals surface area contributed by atoms with Gasteiger partial charge in [-0.25, -0.2) is 4.39 Å². The van der Waals surface area contributed by atoms with Crippen LogP contribution in [0.5, 0.6) is 0 Å². The second kappa shape index (κ2) is 12.1. The van der Waals surface area contributed by atoms with Crippen LogP contribution in [0.3, 0.4) is 0 Å². The predicted molar refractivity (Wildman–Crippen MR) is 145 cm³/mol. The van der Waals surface area contributed by atoms with Crippen LogP contribution in [0.15, 0.2) is 90.8 Å². The van der Waals surface area contributed by atoms with E-state index in [4.69, 9.17) is 5.11 Å². The third-order valence-corrected chi connectivity index (χ3v) is 5.72. The van der Waals surface area contributed by atoms with Crippen molar-refractivity contribution in [2.45, 2.75) is 27.7 Å². The number of aromatic nitrogens is 1. The molecule has 0 amide bonds. The van der Waals surface area contributed by atoms with Crippen LogP contribution in [0.4, 0.5) is 4.39 Å². The van der Waals surface area contributed by atoms with Gasteiger partial charge >= 0.3 is 0 Å². The summed E-state index contributed by atoms with van der Waals surface area (Å²) in [6.07, 6.45) is 2.99. The topological polar surface area (TPSA) is 50.2 Å². The molecule has 1 N–H and O–H groups in total. The third-order valence-electron chi connectivity index (χ3n) is 5.72. The number of ketones is 1. The monoisotopic (exact) mass is 669 g/mol. The molecule has 0 bridgehead atoms. The number of halogens is 1. The van der Waals surface area contributed by atoms with Crippen molar-refractivity contribution < 1.29 is 34.4 Å². The first-order valence-electron chi connectivity index (χ1n) is 11.7. The van der Waals surface area contributed by atoms with Gasteiger partial charge in [0.05, 0.1) is 5.76 Å². The van der Waals surface area contributed by atoms with E-state index >= 15 is 0 Å². The van der Waals surface area contributed by atoms with Crippen LogP contribution >= 0.6 is 0 Å². The maximum Gasteiger partial charge on any atom is 0.155 e. The van der Waals surface area contributed by atoms with E-state index in [1.807, 2.05) is 43.5 Å². The maximum absolute atomic E-state index is 14.3. The summed E-state index contributed by atoms with van der Waals surface area (Å²) in [5, 5.41) is 12.3. The molecule has 0 spiro atoms. The number of aliphatic hydroxyl groups is 1. The van der Waals surface area contributed by atoms with Gasteiger partial charge in [-0.05, 0) is 76.5 Å². The molecular formula is C32H27FIrNO2-. The first kappa shape index (κ1) is 27.9. The van der Waals surface area contributed by atoms with Crippen molar-refractivity contribution in [3.63, 3.8) is 0 Å². The number of pyridine rings is 1. The van der Waals surface area contributed by atoms with Crippen LogP contribution in [-0.4, -0.2) is 15.9 Å². The quantitative estimate of drug-likeness (QED) is 0.0911. The van der Waals surface area contributed by atoms with E-state index in [0.29, 0.717) is 0 Å². The Morgan fingerprint density at radius 2 is 1.68 bits per heavy atom. The number of benzene rings is 4. The van der Waals surface area contributed by atoms with Crippen molar-refractivity contribution in [1.82, 2.24) is 4.98 Å². The van der Waals surface area contributed by atoms with Crippen molar-refractivity contribution in [1.29, 1.82) is 0 Å². The largest absolute Gasteiger partial charge is 0.512 e. The van der Waals surface area contributed by atoms with Gasteiger partial charge in [0.2, 0.25) is 0 Å². The summed E-state index contributed by atoms with van der Waals surface area (Å²) in [4.78, 5) is 14.7. The van der Waals surface area contributed by atoms with E-state index in [1.54, 1.807) is 6.07 Å². The van der Waals surface area contributed by atoms with Gasteiger partial charge in [0.1, 0.15) is 5.82 Å². The molecule has 4 aromatic carbocycles. The molecule has 0 aliphatic rings. The van der Waals surface area contributed by atoms with Gasteiger partial charge in [-0.2, -0.15) is 0 Å². The smallest absolute Gasteiger partial charge is 0.155 e. The van der Waals surface area contributed by atoms with Gasteiger partial charge in [-0.3, -0.25) is 4.79 Å². The Labute approximate surface area is 230 Å². The zero-order valence-corrected chi connectivity index (χ0v) is 23.5. The molecule has 1 heterocycles. The van der Waals surface area contributed by atoms with E-state index in [-0.39, 0.29) is 37.5 Å². The van der Waals surface area contributed by atoms with Crippen molar-refractivity contribution in [3.8, 4) is 22.4 Å². The van der Waals surface area contributed by atoms with Crippen molar-refractivity contribution in [2.75, 3.05) is 0 Å². The molecule has 0 aliphatic heterocycles. The van der Waals surface area contributed by atoms with Crippen molar-refractivity contribution >= 4 is 27.3 Å². The Balaban J connectivity index is 0.000000422. The maximum atomic E-state index is 14.3. The number of hydrogen-bond acceptors (Lipinski definition) is 3. The van der Waals surface area contributed by atoms with Gasteiger partial charge < -0.3 is 10.1 Å². The summed E-state index contributed by atoms with van der Waals surface area (Å²) >= 11 is 0. The molecule has 0 unspecified atom stereocenters. The zero-order chi connectivity index (χ0) is 25.8. The van der Waals surface area contributed by atoms with E-state index in [2.05, 4.69) is 48.3 Å². The molecule has 1 radical (unpaired) electrons. The fourth-order valence-corrected chi connectivity index (χ4v) is 4.45. The summed E-state index contributed by atoms with van der Waals surface area (Å²) in [6, 6.07) is 27.0. The summed E-state index contributed by atoms with van der Waals surface area (Å²) in [5.74, 6) is -0.310. The Morgan fingerprint density at radius 1 is 0.946 bits per heavy atom. The van der Waals surface area contributed by atoms with Crippen LogP contribution in [-0.2, 0) is 24.9 Å². The summed E-state index contributed by atoms with van der Waals surface area (Å²) < 4.78 is 14.3. The van der Waals surface area contributed by atoms with Crippen LogP contribution in [0, 0.1) is 25.7 Å². The van der Waals surface area contributed by atoms with E-state index in [1.165, 1.54) is 26.0 Å². The molecule has 5 heteroatoms. The van der Waals surface area contributed by atoms with Gasteiger partial charge in [-0.15, -0.1) is 34.9 Å². The van der Waals surface area contributed by atoms with Gasteiger partial charge in [0.15, 0.2) is 5.78 Å². The third kappa shape index (κ3) is 6.56. The second-order valence-electron chi connectivity index (χ2n) is 8.89. The summed E-state index contributed by atoms with van der Waals surface area (Å²) in [5.41, 5.74) is 6.20. The van der Waals surface area contributed by atoms with E-state index in [9.17, 15) is 9.18 Å². The molecule has 3 nitrogen and oxygen atoms in total. The number of rotatable bonds is 3. The number of fused-ring (bicyclic) bond motifs is 3. The first-order chi connectivity index (χ1) is 17.2. The molecule has 0 atom stereocenters. The average molecular weight is 669 g/mol. The van der Waals surface area contributed by atoms with E-state index < -0.39 is 0 Å². The van der Waals surface area contributed by atoms with E-state index in [0.717, 1.165) is 55.1 Å². The number of nitrogens with zero attached hydrogens (tertiary/aromatic N) is 1. The molecule has 1 aromatic heterocycles. The Bertz CT molecular complexity index is 1590. The number of aliphatic hydroxyl groups excluding tert-OH is 1. The zero-order valence-electron chi connectivity index (χ0n) is 21.1. The SMILES string of the molecule is CC(=O)/C=C(/C)O.Cc1[c-]c(-c2nccc3cc(-c4ccccc4)c4ccc(F)cc4c23)cc(C)c1.[Ir].